The standard InChI is InChI=1S/C13H14F4N3O13P3S/c14-10-9(13(15,16)17)19-11-4(18-10)1-3(12(37)20-11)8-7(22)6(21)5(31-8)2-30-35(26,27)33-36(28,29)32-34(23,24)25/h1,5-8,21-22H,2H2,(H,26,27)(H,28,29)(H,19,20,37)(H2,23,24,25)/t5-,6?,7+,8+/m1/s1. The molecule has 0 aromatic carbocycles. The van der Waals surface area contributed by atoms with Gasteiger partial charge in [0.05, 0.1) is 6.61 Å². The van der Waals surface area contributed by atoms with Crippen molar-refractivity contribution in [1.82, 2.24) is 15.0 Å². The number of aromatic amines is 1. The highest BCUT2D eigenvalue weighted by Gasteiger charge is 2.47. The van der Waals surface area contributed by atoms with Crippen molar-refractivity contribution in [2.24, 2.45) is 0 Å². The van der Waals surface area contributed by atoms with Crippen LogP contribution in [0, 0.1) is 10.6 Å². The number of ether oxygens (including phenoxy) is 1. The van der Waals surface area contributed by atoms with Gasteiger partial charge < -0.3 is 39.5 Å². The van der Waals surface area contributed by atoms with Gasteiger partial charge in [0.25, 0.3) is 0 Å². The summed E-state index contributed by atoms with van der Waals surface area (Å²) in [4.78, 5) is 44.1. The first-order valence-electron chi connectivity index (χ1n) is 9.17. The topological polar surface area (TPSA) is 251 Å². The normalized spacial score (nSPS) is 26.2. The molecule has 1 saturated heterocycles. The Hall–Kier alpha value is -1.28. The SMILES string of the molecule is O=P(O)(O)OP(=O)(O)OP(=O)(O)OC[C@H]1O[C@@H](c2cc3nc(F)c(C(F)(F)F)[nH]c-3nc2=S)[C@@H](O)C1O. The van der Waals surface area contributed by atoms with Crippen LogP contribution in [0.25, 0.3) is 11.5 Å². The van der Waals surface area contributed by atoms with Gasteiger partial charge in [0, 0.05) is 5.56 Å². The average molecular weight is 621 g/mol. The predicted molar refractivity (Wildman–Crippen MR) is 108 cm³/mol. The minimum absolute atomic E-state index is 0.255. The minimum Gasteiger partial charge on any atom is -0.387 e. The van der Waals surface area contributed by atoms with Crippen LogP contribution in [-0.4, -0.2) is 69.7 Å². The molecule has 0 spiro atoms. The number of H-pyrrole nitrogens is 1. The van der Waals surface area contributed by atoms with Crippen molar-refractivity contribution in [3.8, 4) is 11.5 Å². The Morgan fingerprint density at radius 1 is 1.05 bits per heavy atom. The van der Waals surface area contributed by atoms with Gasteiger partial charge >= 0.3 is 29.6 Å². The number of aliphatic hydroxyl groups excluding tert-OH is 2. The Labute approximate surface area is 206 Å². The zero-order valence-electron chi connectivity index (χ0n) is 17.3. The Balaban J connectivity index is 1.79. The summed E-state index contributed by atoms with van der Waals surface area (Å²) >= 11 is 4.96. The van der Waals surface area contributed by atoms with Crippen molar-refractivity contribution in [2.45, 2.75) is 30.6 Å². The van der Waals surface area contributed by atoms with Crippen molar-refractivity contribution in [3.05, 3.63) is 27.9 Å². The van der Waals surface area contributed by atoms with Gasteiger partial charge in [0.2, 0.25) is 5.95 Å². The van der Waals surface area contributed by atoms with Gasteiger partial charge in [-0.25, -0.2) is 23.7 Å². The fourth-order valence-electron chi connectivity index (χ4n) is 3.02. The first kappa shape index (κ1) is 30.3. The summed E-state index contributed by atoms with van der Waals surface area (Å²) in [5.41, 5.74) is -2.56. The van der Waals surface area contributed by atoms with Gasteiger partial charge in [-0.2, -0.15) is 26.2 Å². The van der Waals surface area contributed by atoms with Crippen LogP contribution in [-0.2, 0) is 37.8 Å². The molecule has 6 atom stereocenters. The number of hydrogen-bond acceptors (Lipinski definition) is 12. The third-order valence-electron chi connectivity index (χ3n) is 4.43. The van der Waals surface area contributed by atoms with Crippen molar-refractivity contribution in [2.75, 3.05) is 6.61 Å². The molecular weight excluding hydrogens is 607 g/mol. The number of aliphatic hydroxyl groups is 2. The number of pyridine rings is 1. The summed E-state index contributed by atoms with van der Waals surface area (Å²) < 4.78 is 103. The lowest BCUT2D eigenvalue weighted by Crippen LogP contribution is -2.33. The van der Waals surface area contributed by atoms with Gasteiger partial charge in [-0.05, 0) is 6.07 Å². The largest absolute Gasteiger partial charge is 0.490 e. The Morgan fingerprint density at radius 3 is 2.24 bits per heavy atom. The predicted octanol–water partition coefficient (Wildman–Crippen LogP) is 1.30. The lowest BCUT2D eigenvalue weighted by molar-refractivity contribution is -0.144. The van der Waals surface area contributed by atoms with Crippen LogP contribution in [0.5, 0.6) is 0 Å². The first-order valence-corrected chi connectivity index (χ1v) is 14.1. The van der Waals surface area contributed by atoms with Crippen LogP contribution in [0.2, 0.25) is 0 Å². The quantitative estimate of drug-likeness (QED) is 0.125. The second-order valence-electron chi connectivity index (χ2n) is 7.11. The van der Waals surface area contributed by atoms with Crippen molar-refractivity contribution >= 4 is 35.7 Å². The molecule has 3 aliphatic heterocycles. The highest BCUT2D eigenvalue weighted by atomic mass is 32.1. The van der Waals surface area contributed by atoms with Gasteiger partial charge in [0.1, 0.15) is 34.8 Å². The Kier molecular flexibility index (Phi) is 8.48. The molecule has 0 amide bonds. The molecule has 1 fully saturated rings. The van der Waals surface area contributed by atoms with Gasteiger partial charge in [-0.3, -0.25) is 4.52 Å². The second kappa shape index (κ2) is 10.4. The molecule has 0 bridgehead atoms. The molecule has 37 heavy (non-hydrogen) atoms. The summed E-state index contributed by atoms with van der Waals surface area (Å²) in [6.45, 7) is -1.14. The molecule has 0 aromatic heterocycles. The number of nitrogens with one attached hydrogen (secondary N) is 1. The molecule has 3 rings (SSSR count). The maximum atomic E-state index is 13.8. The molecule has 3 heterocycles. The maximum Gasteiger partial charge on any atom is 0.490 e. The van der Waals surface area contributed by atoms with Crippen molar-refractivity contribution < 1.29 is 78.9 Å². The average Bonchev–Trinajstić information content (AvgIpc) is 2.96. The first-order chi connectivity index (χ1) is 16.7. The van der Waals surface area contributed by atoms with Gasteiger partial charge in [-0.15, -0.1) is 0 Å². The van der Waals surface area contributed by atoms with Crippen LogP contribution in [0.15, 0.2) is 6.07 Å². The van der Waals surface area contributed by atoms with Crippen molar-refractivity contribution in [1.29, 1.82) is 0 Å². The fourth-order valence-corrected chi connectivity index (χ4v) is 6.31. The molecular formula is C13H14F4N3O13P3S. The summed E-state index contributed by atoms with van der Waals surface area (Å²) in [7, 11) is -17.0. The van der Waals surface area contributed by atoms with Crippen LogP contribution in [0.1, 0.15) is 17.4 Å². The van der Waals surface area contributed by atoms with E-state index in [0.717, 1.165) is 6.07 Å². The molecule has 0 radical (unpaired) electrons. The van der Waals surface area contributed by atoms with E-state index in [2.05, 4.69) is 23.1 Å². The second-order valence-corrected chi connectivity index (χ2v) is 11.9. The highest BCUT2D eigenvalue weighted by Crippen LogP contribution is 2.66. The third kappa shape index (κ3) is 7.43. The number of alkyl halides is 3. The van der Waals surface area contributed by atoms with Crippen LogP contribution in [0.3, 0.4) is 0 Å². The van der Waals surface area contributed by atoms with Gasteiger partial charge in [-0.1, -0.05) is 12.2 Å². The van der Waals surface area contributed by atoms with E-state index in [1.165, 1.54) is 0 Å². The maximum absolute atomic E-state index is 13.8. The summed E-state index contributed by atoms with van der Waals surface area (Å²) in [5.74, 6) is -2.49. The molecule has 3 aliphatic rings. The van der Waals surface area contributed by atoms with E-state index in [-0.39, 0.29) is 5.56 Å². The number of rotatable bonds is 8. The zero-order valence-corrected chi connectivity index (χ0v) is 20.8. The molecule has 16 nitrogen and oxygen atoms in total. The Morgan fingerprint density at radius 2 is 1.68 bits per heavy atom. The van der Waals surface area contributed by atoms with E-state index in [0.29, 0.717) is 0 Å². The third-order valence-corrected chi connectivity index (χ3v) is 8.56. The lowest BCUT2D eigenvalue weighted by Gasteiger charge is -2.19. The van der Waals surface area contributed by atoms with E-state index < -0.39 is 88.5 Å². The van der Waals surface area contributed by atoms with Crippen LogP contribution >= 0.6 is 35.7 Å². The molecule has 0 aliphatic carbocycles. The van der Waals surface area contributed by atoms with Crippen LogP contribution in [0.4, 0.5) is 17.6 Å². The highest BCUT2D eigenvalue weighted by molar-refractivity contribution is 7.71. The van der Waals surface area contributed by atoms with E-state index in [9.17, 15) is 46.4 Å². The van der Waals surface area contributed by atoms with Crippen LogP contribution < -0.4 is 0 Å². The monoisotopic (exact) mass is 621 g/mol. The number of halogens is 4. The molecule has 0 aromatic rings. The van der Waals surface area contributed by atoms with E-state index in [1.807, 2.05) is 0 Å². The summed E-state index contributed by atoms with van der Waals surface area (Å²) in [6.07, 6.45) is -12.2. The molecule has 0 saturated carbocycles. The fraction of sp³-hybridized carbons (Fsp3) is 0.462. The van der Waals surface area contributed by atoms with E-state index >= 15 is 0 Å². The number of phosphoric ester groups is 1. The summed E-state index contributed by atoms with van der Waals surface area (Å²) in [5, 5.41) is 20.5. The number of phosphoric acid groups is 3. The Bertz CT molecular complexity index is 1360. The van der Waals surface area contributed by atoms with Crippen molar-refractivity contribution in [3.63, 3.8) is 0 Å². The number of nitrogens with zero attached hydrogens (tertiary/aromatic N) is 2. The molecule has 7 N–H and O–H groups in total. The summed E-state index contributed by atoms with van der Waals surface area (Å²) in [6, 6.07) is 0.912. The number of fused-ring (bicyclic) bond motifs is 1. The van der Waals surface area contributed by atoms with E-state index in [1.54, 1.807) is 4.98 Å². The smallest absolute Gasteiger partial charge is 0.387 e. The zero-order chi connectivity index (χ0) is 28.1. The number of hydrogen-bond donors (Lipinski definition) is 7. The minimum atomic E-state index is -5.82. The lowest BCUT2D eigenvalue weighted by atomic mass is 10.0. The number of aromatic nitrogens is 3. The van der Waals surface area contributed by atoms with Gasteiger partial charge in [0.15, 0.2) is 11.5 Å². The molecule has 208 valence electrons. The molecule has 24 heteroatoms. The van der Waals surface area contributed by atoms with E-state index in [4.69, 9.17) is 31.6 Å². The molecule has 3 unspecified atom stereocenters.